The summed E-state index contributed by atoms with van der Waals surface area (Å²) in [5.74, 6) is 1.99. The molecule has 2 aromatic rings. The minimum Gasteiger partial charge on any atom is -0.369 e. The van der Waals surface area contributed by atoms with Crippen molar-refractivity contribution in [2.45, 2.75) is 19.4 Å². The molecule has 1 unspecified atom stereocenters. The van der Waals surface area contributed by atoms with Crippen molar-refractivity contribution in [2.75, 3.05) is 0 Å². The van der Waals surface area contributed by atoms with Gasteiger partial charge in [0.25, 0.3) is 0 Å². The number of benzene rings is 2. The molecule has 0 radical (unpaired) electrons. The van der Waals surface area contributed by atoms with Crippen LogP contribution in [0.1, 0.15) is 22.3 Å². The second-order valence-electron chi connectivity index (χ2n) is 4.63. The zero-order valence-electron chi connectivity index (χ0n) is 10.9. The van der Waals surface area contributed by atoms with Crippen LogP contribution in [0.15, 0.2) is 42.5 Å². The van der Waals surface area contributed by atoms with Gasteiger partial charge in [-0.15, -0.1) is 6.42 Å². The Bertz CT molecular complexity index is 655. The highest BCUT2D eigenvalue weighted by Crippen LogP contribution is 2.33. The number of halogens is 1. The van der Waals surface area contributed by atoms with E-state index in [4.69, 9.17) is 6.42 Å². The van der Waals surface area contributed by atoms with E-state index in [0.717, 1.165) is 11.1 Å². The molecule has 0 spiro atoms. The summed E-state index contributed by atoms with van der Waals surface area (Å²) in [5, 5.41) is 10.8. The van der Waals surface area contributed by atoms with Crippen LogP contribution in [0.2, 0.25) is 0 Å². The molecule has 0 aliphatic heterocycles. The van der Waals surface area contributed by atoms with E-state index >= 15 is 0 Å². The summed E-state index contributed by atoms with van der Waals surface area (Å²) in [6.45, 7) is 3.67. The first-order valence-electron chi connectivity index (χ1n) is 6.02. The average Bonchev–Trinajstić information content (AvgIpc) is 2.41. The Kier molecular flexibility index (Phi) is 3.42. The number of hydrogen-bond donors (Lipinski definition) is 1. The monoisotopic (exact) mass is 254 g/mol. The Morgan fingerprint density at radius 2 is 1.68 bits per heavy atom. The molecule has 0 aliphatic rings. The molecule has 0 heterocycles. The first-order valence-corrected chi connectivity index (χ1v) is 6.02. The highest BCUT2D eigenvalue weighted by molar-refractivity contribution is 5.49. The summed E-state index contributed by atoms with van der Waals surface area (Å²) in [5.41, 5.74) is 1.02. The summed E-state index contributed by atoms with van der Waals surface area (Å²) in [4.78, 5) is 0. The van der Waals surface area contributed by atoms with E-state index in [1.807, 2.05) is 19.1 Å². The third-order valence-corrected chi connectivity index (χ3v) is 3.33. The van der Waals surface area contributed by atoms with Gasteiger partial charge >= 0.3 is 0 Å². The first kappa shape index (κ1) is 13.3. The topological polar surface area (TPSA) is 20.2 Å². The molecule has 0 aliphatic carbocycles. The lowest BCUT2D eigenvalue weighted by Gasteiger charge is -2.26. The van der Waals surface area contributed by atoms with Crippen molar-refractivity contribution in [3.8, 4) is 12.3 Å². The zero-order chi connectivity index (χ0) is 14.0. The van der Waals surface area contributed by atoms with Crippen LogP contribution in [0, 0.1) is 32.0 Å². The van der Waals surface area contributed by atoms with Gasteiger partial charge in [0.1, 0.15) is 5.82 Å². The van der Waals surface area contributed by atoms with E-state index in [-0.39, 0.29) is 0 Å². The van der Waals surface area contributed by atoms with Gasteiger partial charge in [0.05, 0.1) is 0 Å². The minimum absolute atomic E-state index is 0.407. The standard InChI is InChI=1S/C17H15FO/c1-4-17(19,15-8-6-5-7-12(15)2)16-11-14(18)10-9-13(16)3/h1,5-11,19H,2-3H3. The summed E-state index contributed by atoms with van der Waals surface area (Å²) in [6, 6.07) is 11.6. The summed E-state index contributed by atoms with van der Waals surface area (Å²) >= 11 is 0. The van der Waals surface area contributed by atoms with Gasteiger partial charge in [0.15, 0.2) is 5.60 Å². The molecule has 1 N–H and O–H groups in total. The van der Waals surface area contributed by atoms with E-state index in [2.05, 4.69) is 5.92 Å². The van der Waals surface area contributed by atoms with Crippen LogP contribution in [0.5, 0.6) is 0 Å². The van der Waals surface area contributed by atoms with E-state index in [1.165, 1.54) is 12.1 Å². The van der Waals surface area contributed by atoms with E-state index in [0.29, 0.717) is 11.1 Å². The van der Waals surface area contributed by atoms with Crippen LogP contribution in [0.25, 0.3) is 0 Å². The second-order valence-corrected chi connectivity index (χ2v) is 4.63. The maximum absolute atomic E-state index is 13.5. The highest BCUT2D eigenvalue weighted by Gasteiger charge is 2.32. The van der Waals surface area contributed by atoms with Crippen LogP contribution in [-0.2, 0) is 5.60 Å². The van der Waals surface area contributed by atoms with Gasteiger partial charge in [0, 0.05) is 11.1 Å². The molecule has 0 fully saturated rings. The molecule has 0 aromatic heterocycles. The Morgan fingerprint density at radius 1 is 1.05 bits per heavy atom. The summed E-state index contributed by atoms with van der Waals surface area (Å²) in [6.07, 6.45) is 5.54. The molecule has 2 aromatic carbocycles. The smallest absolute Gasteiger partial charge is 0.177 e. The number of aryl methyl sites for hydroxylation is 2. The van der Waals surface area contributed by atoms with Gasteiger partial charge in [-0.2, -0.15) is 0 Å². The van der Waals surface area contributed by atoms with Crippen LogP contribution < -0.4 is 0 Å². The normalized spacial score (nSPS) is 13.6. The molecular formula is C17H15FO. The SMILES string of the molecule is C#CC(O)(c1ccccc1C)c1cc(F)ccc1C. The fourth-order valence-electron chi connectivity index (χ4n) is 2.26. The van der Waals surface area contributed by atoms with Gasteiger partial charge in [0.2, 0.25) is 0 Å². The third-order valence-electron chi connectivity index (χ3n) is 3.33. The molecule has 0 saturated heterocycles. The lowest BCUT2D eigenvalue weighted by Crippen LogP contribution is -2.27. The maximum Gasteiger partial charge on any atom is 0.177 e. The Morgan fingerprint density at radius 3 is 2.32 bits per heavy atom. The maximum atomic E-state index is 13.5. The van der Waals surface area contributed by atoms with Crippen molar-refractivity contribution < 1.29 is 9.50 Å². The van der Waals surface area contributed by atoms with Crippen molar-refractivity contribution in [3.05, 3.63) is 70.5 Å². The molecule has 0 bridgehead atoms. The molecule has 2 heteroatoms. The average molecular weight is 254 g/mol. The van der Waals surface area contributed by atoms with Crippen LogP contribution in [-0.4, -0.2) is 5.11 Å². The van der Waals surface area contributed by atoms with Crippen molar-refractivity contribution in [1.29, 1.82) is 0 Å². The fourth-order valence-corrected chi connectivity index (χ4v) is 2.26. The van der Waals surface area contributed by atoms with Crippen molar-refractivity contribution in [1.82, 2.24) is 0 Å². The van der Waals surface area contributed by atoms with Crippen LogP contribution >= 0.6 is 0 Å². The molecule has 2 rings (SSSR count). The molecule has 1 atom stereocenters. The summed E-state index contributed by atoms with van der Waals surface area (Å²) in [7, 11) is 0. The molecule has 19 heavy (non-hydrogen) atoms. The quantitative estimate of drug-likeness (QED) is 0.815. The number of terminal acetylenes is 1. The van der Waals surface area contributed by atoms with Gasteiger partial charge in [-0.25, -0.2) is 4.39 Å². The van der Waals surface area contributed by atoms with E-state index in [9.17, 15) is 9.50 Å². The van der Waals surface area contributed by atoms with Gasteiger partial charge in [-0.1, -0.05) is 36.3 Å². The van der Waals surface area contributed by atoms with E-state index < -0.39 is 11.4 Å². The van der Waals surface area contributed by atoms with Crippen molar-refractivity contribution in [3.63, 3.8) is 0 Å². The predicted octanol–water partition coefficient (Wildman–Crippen LogP) is 3.31. The minimum atomic E-state index is -1.61. The Hall–Kier alpha value is -2.11. The first-order chi connectivity index (χ1) is 8.99. The van der Waals surface area contributed by atoms with Gasteiger partial charge < -0.3 is 5.11 Å². The number of rotatable bonds is 2. The molecule has 96 valence electrons. The zero-order valence-corrected chi connectivity index (χ0v) is 10.9. The number of aliphatic hydroxyl groups is 1. The van der Waals surface area contributed by atoms with Crippen molar-refractivity contribution in [2.24, 2.45) is 0 Å². The second kappa shape index (κ2) is 4.87. The van der Waals surface area contributed by atoms with Gasteiger partial charge in [-0.3, -0.25) is 0 Å². The van der Waals surface area contributed by atoms with Gasteiger partial charge in [-0.05, 0) is 37.1 Å². The predicted molar refractivity (Wildman–Crippen MR) is 74.1 cm³/mol. The molecule has 0 amide bonds. The Balaban J connectivity index is 2.71. The summed E-state index contributed by atoms with van der Waals surface area (Å²) < 4.78 is 13.5. The Labute approximate surface area is 112 Å². The van der Waals surface area contributed by atoms with E-state index in [1.54, 1.807) is 25.1 Å². The highest BCUT2D eigenvalue weighted by atomic mass is 19.1. The molecule has 0 saturated carbocycles. The lowest BCUT2D eigenvalue weighted by molar-refractivity contribution is 0.143. The number of hydrogen-bond acceptors (Lipinski definition) is 1. The lowest BCUT2D eigenvalue weighted by atomic mass is 9.82. The van der Waals surface area contributed by atoms with Crippen LogP contribution in [0.4, 0.5) is 4.39 Å². The van der Waals surface area contributed by atoms with Crippen LogP contribution in [0.3, 0.4) is 0 Å². The molecule has 1 nitrogen and oxygen atoms in total. The fraction of sp³-hybridized carbons (Fsp3) is 0.176. The van der Waals surface area contributed by atoms with Crippen molar-refractivity contribution >= 4 is 0 Å². The largest absolute Gasteiger partial charge is 0.369 e. The third kappa shape index (κ3) is 2.25. The molecular weight excluding hydrogens is 239 g/mol.